The minimum absolute atomic E-state index is 0.0298. The van der Waals surface area contributed by atoms with Crippen molar-refractivity contribution in [1.29, 1.82) is 0 Å². The summed E-state index contributed by atoms with van der Waals surface area (Å²) in [5, 5.41) is 3.04. The first-order valence-electron chi connectivity index (χ1n) is 9.11. The van der Waals surface area contributed by atoms with Crippen LogP contribution in [0.25, 0.3) is 0 Å². The van der Waals surface area contributed by atoms with Crippen molar-refractivity contribution in [3.05, 3.63) is 48.2 Å². The normalized spacial score (nSPS) is 20.9. The molecule has 0 saturated carbocycles. The summed E-state index contributed by atoms with van der Waals surface area (Å²) in [7, 11) is 0. The zero-order valence-corrected chi connectivity index (χ0v) is 14.9. The highest BCUT2D eigenvalue weighted by molar-refractivity contribution is 5.76. The van der Waals surface area contributed by atoms with E-state index >= 15 is 0 Å². The number of rotatable bonds is 6. The van der Waals surface area contributed by atoms with Crippen molar-refractivity contribution in [3.63, 3.8) is 0 Å². The van der Waals surface area contributed by atoms with E-state index in [9.17, 15) is 4.79 Å². The number of aromatic nitrogens is 1. The number of aryl methyl sites for hydroxylation is 1. The predicted molar refractivity (Wildman–Crippen MR) is 96.9 cm³/mol. The van der Waals surface area contributed by atoms with Crippen LogP contribution >= 0.6 is 0 Å². The summed E-state index contributed by atoms with van der Waals surface area (Å²) in [6, 6.07) is 11.1. The molecule has 2 aliphatic heterocycles. The first-order chi connectivity index (χ1) is 13.3. The second-order valence-corrected chi connectivity index (χ2v) is 6.55. The lowest BCUT2D eigenvalue weighted by molar-refractivity contribution is -0.124. The number of fused-ring (bicyclic) bond motifs is 1. The van der Waals surface area contributed by atoms with Gasteiger partial charge < -0.3 is 24.3 Å². The number of benzene rings is 1. The number of pyridine rings is 1. The van der Waals surface area contributed by atoms with Crippen LogP contribution in [-0.2, 0) is 16.0 Å². The molecule has 0 aliphatic carbocycles. The fourth-order valence-electron chi connectivity index (χ4n) is 3.20. The molecule has 0 unspecified atom stereocenters. The maximum Gasteiger partial charge on any atom is 0.231 e. The molecule has 2 aliphatic rings. The zero-order valence-electron chi connectivity index (χ0n) is 14.9. The number of ether oxygens (including phenoxy) is 4. The number of nitrogens with zero attached hydrogens (tertiary/aromatic N) is 1. The van der Waals surface area contributed by atoms with Gasteiger partial charge in [-0.1, -0.05) is 12.1 Å². The lowest BCUT2D eigenvalue weighted by atomic mass is 10.1. The maximum absolute atomic E-state index is 12.4. The van der Waals surface area contributed by atoms with E-state index in [4.69, 9.17) is 18.9 Å². The second kappa shape index (κ2) is 8.26. The van der Waals surface area contributed by atoms with Crippen LogP contribution in [0.1, 0.15) is 18.4 Å². The molecule has 2 atom stereocenters. The van der Waals surface area contributed by atoms with Crippen LogP contribution in [0.2, 0.25) is 0 Å². The molecule has 1 saturated heterocycles. The Balaban J connectivity index is 1.30. The molecule has 1 aromatic carbocycles. The van der Waals surface area contributed by atoms with Gasteiger partial charge in [0.2, 0.25) is 18.6 Å². The van der Waals surface area contributed by atoms with Crippen LogP contribution in [0, 0.1) is 0 Å². The van der Waals surface area contributed by atoms with Crippen LogP contribution in [0.15, 0.2) is 42.6 Å². The smallest absolute Gasteiger partial charge is 0.231 e. The average molecular weight is 370 g/mol. The Kier molecular flexibility index (Phi) is 5.39. The molecule has 3 heterocycles. The van der Waals surface area contributed by atoms with Gasteiger partial charge in [0, 0.05) is 25.1 Å². The fourth-order valence-corrected chi connectivity index (χ4v) is 3.20. The van der Waals surface area contributed by atoms with Gasteiger partial charge in [-0.3, -0.25) is 4.79 Å². The van der Waals surface area contributed by atoms with Crippen LogP contribution in [0.4, 0.5) is 0 Å². The summed E-state index contributed by atoms with van der Waals surface area (Å²) in [5.74, 6) is 2.01. The number of nitrogens with one attached hydrogen (secondary N) is 1. The highest BCUT2D eigenvalue weighted by Gasteiger charge is 2.29. The maximum atomic E-state index is 12.4. The van der Waals surface area contributed by atoms with Gasteiger partial charge >= 0.3 is 0 Å². The van der Waals surface area contributed by atoms with E-state index in [0.717, 1.165) is 17.1 Å². The Morgan fingerprint density at radius 1 is 1.22 bits per heavy atom. The van der Waals surface area contributed by atoms with Gasteiger partial charge in [0.05, 0.1) is 19.3 Å². The molecular formula is C20H22N2O5. The molecule has 1 fully saturated rings. The van der Waals surface area contributed by atoms with Crippen LogP contribution < -0.4 is 19.5 Å². The number of hydrogen-bond acceptors (Lipinski definition) is 6. The Labute approximate surface area is 157 Å². The largest absolute Gasteiger partial charge is 0.472 e. The molecule has 0 radical (unpaired) electrons. The number of carbonyl (C=O) groups is 1. The molecule has 7 heteroatoms. The highest BCUT2D eigenvalue weighted by Crippen LogP contribution is 2.32. The van der Waals surface area contributed by atoms with E-state index in [1.54, 1.807) is 6.20 Å². The van der Waals surface area contributed by atoms with Gasteiger partial charge in [0.1, 0.15) is 6.10 Å². The van der Waals surface area contributed by atoms with Gasteiger partial charge in [-0.2, -0.15) is 0 Å². The third-order valence-electron chi connectivity index (χ3n) is 4.63. The summed E-state index contributed by atoms with van der Waals surface area (Å²) in [6.45, 7) is 1.30. The summed E-state index contributed by atoms with van der Waals surface area (Å²) < 4.78 is 22.1. The Bertz CT molecular complexity index is 783. The van der Waals surface area contributed by atoms with Crippen LogP contribution in [0.5, 0.6) is 17.4 Å². The monoisotopic (exact) mass is 370 g/mol. The SMILES string of the molecule is O=C(CCc1ccc2c(c1)OCO2)N[C@@H]1COCC[C@H]1Oc1ccccn1. The Morgan fingerprint density at radius 2 is 2.15 bits per heavy atom. The van der Waals surface area contributed by atoms with E-state index in [1.165, 1.54) is 0 Å². The lowest BCUT2D eigenvalue weighted by Gasteiger charge is -2.32. The van der Waals surface area contributed by atoms with Crippen molar-refractivity contribution in [1.82, 2.24) is 10.3 Å². The van der Waals surface area contributed by atoms with Crippen molar-refractivity contribution in [2.45, 2.75) is 31.4 Å². The summed E-state index contributed by atoms with van der Waals surface area (Å²) >= 11 is 0. The number of amides is 1. The second-order valence-electron chi connectivity index (χ2n) is 6.55. The molecule has 0 spiro atoms. The number of carbonyl (C=O) groups excluding carboxylic acids is 1. The number of hydrogen-bond donors (Lipinski definition) is 1. The Hall–Kier alpha value is -2.80. The topological polar surface area (TPSA) is 78.9 Å². The van der Waals surface area contributed by atoms with Crippen molar-refractivity contribution in [3.8, 4) is 17.4 Å². The molecule has 142 valence electrons. The minimum Gasteiger partial charge on any atom is -0.472 e. The molecule has 27 heavy (non-hydrogen) atoms. The molecule has 1 aromatic heterocycles. The lowest BCUT2D eigenvalue weighted by Crippen LogP contribution is -2.51. The van der Waals surface area contributed by atoms with E-state index in [0.29, 0.717) is 38.4 Å². The van der Waals surface area contributed by atoms with Crippen molar-refractivity contribution >= 4 is 5.91 Å². The fraction of sp³-hybridized carbons (Fsp3) is 0.400. The van der Waals surface area contributed by atoms with Crippen molar-refractivity contribution in [2.75, 3.05) is 20.0 Å². The third-order valence-corrected chi connectivity index (χ3v) is 4.63. The molecule has 1 amide bonds. The predicted octanol–water partition coefficient (Wildman–Crippen LogP) is 2.10. The van der Waals surface area contributed by atoms with E-state index < -0.39 is 0 Å². The molecule has 0 bridgehead atoms. The first-order valence-corrected chi connectivity index (χ1v) is 9.11. The van der Waals surface area contributed by atoms with Gasteiger partial charge in [0.15, 0.2) is 11.5 Å². The first kappa shape index (κ1) is 17.6. The molecular weight excluding hydrogens is 348 g/mol. The average Bonchev–Trinajstić information content (AvgIpc) is 3.17. The summed E-state index contributed by atoms with van der Waals surface area (Å²) in [6.07, 6.45) is 3.26. The molecule has 2 aromatic rings. The highest BCUT2D eigenvalue weighted by atomic mass is 16.7. The quantitative estimate of drug-likeness (QED) is 0.839. The third kappa shape index (κ3) is 4.49. The van der Waals surface area contributed by atoms with E-state index in [2.05, 4.69) is 10.3 Å². The van der Waals surface area contributed by atoms with Crippen LogP contribution in [0.3, 0.4) is 0 Å². The van der Waals surface area contributed by atoms with Gasteiger partial charge in [0.25, 0.3) is 0 Å². The summed E-state index contributed by atoms with van der Waals surface area (Å²) in [4.78, 5) is 16.6. The van der Waals surface area contributed by atoms with Gasteiger partial charge in [-0.15, -0.1) is 0 Å². The zero-order chi connectivity index (χ0) is 18.5. The molecule has 4 rings (SSSR count). The van der Waals surface area contributed by atoms with E-state index in [1.807, 2.05) is 36.4 Å². The minimum atomic E-state index is -0.190. The van der Waals surface area contributed by atoms with Crippen molar-refractivity contribution in [2.24, 2.45) is 0 Å². The van der Waals surface area contributed by atoms with Crippen LogP contribution in [-0.4, -0.2) is 43.0 Å². The Morgan fingerprint density at radius 3 is 3.04 bits per heavy atom. The van der Waals surface area contributed by atoms with Crippen molar-refractivity contribution < 1.29 is 23.7 Å². The molecule has 1 N–H and O–H groups in total. The molecule has 7 nitrogen and oxygen atoms in total. The van der Waals surface area contributed by atoms with E-state index in [-0.39, 0.29) is 24.8 Å². The standard InChI is InChI=1S/C20H22N2O5/c23-19(7-5-14-4-6-17-18(11-14)26-13-25-17)22-15-12-24-10-8-16(15)27-20-3-1-2-9-21-20/h1-4,6,9,11,15-16H,5,7-8,10,12-13H2,(H,22,23)/t15-,16-/m1/s1. The van der Waals surface area contributed by atoms with Gasteiger partial charge in [-0.05, 0) is 30.2 Å². The summed E-state index contributed by atoms with van der Waals surface area (Å²) in [5.41, 5.74) is 1.04. The van der Waals surface area contributed by atoms with Gasteiger partial charge in [-0.25, -0.2) is 4.98 Å².